The van der Waals surface area contributed by atoms with Crippen LogP contribution < -0.4 is 0 Å². The van der Waals surface area contributed by atoms with Gasteiger partial charge < -0.3 is 0 Å². The minimum absolute atomic E-state index is 0.495. The summed E-state index contributed by atoms with van der Waals surface area (Å²) in [6, 6.07) is 0.495. The first-order valence-corrected chi connectivity index (χ1v) is 4.37. The zero-order valence-electron chi connectivity index (χ0n) is 7.56. The van der Waals surface area contributed by atoms with Crippen molar-refractivity contribution in [3.63, 3.8) is 0 Å². The van der Waals surface area contributed by atoms with E-state index in [0.29, 0.717) is 6.04 Å². The maximum Gasteiger partial charge on any atom is 0.106 e. The molecule has 0 aromatic heterocycles. The fourth-order valence-electron chi connectivity index (χ4n) is 1.66. The fourth-order valence-corrected chi connectivity index (χ4v) is 1.66. The maximum absolute atomic E-state index is 4.44. The van der Waals surface area contributed by atoms with Gasteiger partial charge in [0.25, 0.3) is 0 Å². The molecule has 0 aromatic carbocycles. The first-order chi connectivity index (χ1) is 5.77. The van der Waals surface area contributed by atoms with Gasteiger partial charge in [-0.2, -0.15) is 5.10 Å². The van der Waals surface area contributed by atoms with Gasteiger partial charge in [-0.1, -0.05) is 0 Å². The van der Waals surface area contributed by atoms with Gasteiger partial charge in [-0.05, 0) is 13.8 Å². The summed E-state index contributed by atoms with van der Waals surface area (Å²) in [4.78, 5) is 4.16. The van der Waals surface area contributed by atoms with E-state index in [-0.39, 0.29) is 0 Å². The van der Waals surface area contributed by atoms with Crippen molar-refractivity contribution >= 4 is 12.1 Å². The van der Waals surface area contributed by atoms with Crippen molar-refractivity contribution in [2.75, 3.05) is 13.1 Å². The quantitative estimate of drug-likeness (QED) is 0.574. The highest BCUT2D eigenvalue weighted by atomic mass is 15.8. The molecule has 12 heavy (non-hydrogen) atoms. The van der Waals surface area contributed by atoms with Crippen LogP contribution in [0.2, 0.25) is 0 Å². The lowest BCUT2D eigenvalue weighted by Gasteiger charge is -2.28. The molecule has 0 fully saturated rings. The molecule has 2 rings (SSSR count). The maximum atomic E-state index is 4.44. The highest BCUT2D eigenvalue weighted by molar-refractivity contribution is 5.83. The van der Waals surface area contributed by atoms with E-state index >= 15 is 0 Å². The predicted molar refractivity (Wildman–Crippen MR) is 49.1 cm³/mol. The van der Waals surface area contributed by atoms with Crippen LogP contribution in [0.3, 0.4) is 0 Å². The van der Waals surface area contributed by atoms with Gasteiger partial charge in [0.15, 0.2) is 0 Å². The Morgan fingerprint density at radius 1 is 1.58 bits per heavy atom. The van der Waals surface area contributed by atoms with Gasteiger partial charge in [-0.15, -0.1) is 0 Å². The number of hydrazine groups is 1. The molecule has 0 bridgehead atoms. The summed E-state index contributed by atoms with van der Waals surface area (Å²) in [5.41, 5.74) is 1.21. The van der Waals surface area contributed by atoms with E-state index < -0.39 is 0 Å². The summed E-state index contributed by atoms with van der Waals surface area (Å²) < 4.78 is 0. The number of rotatable bonds is 1. The summed E-state index contributed by atoms with van der Waals surface area (Å²) in [6.07, 6.45) is 2.95. The van der Waals surface area contributed by atoms with Gasteiger partial charge in [0.1, 0.15) is 6.34 Å². The van der Waals surface area contributed by atoms with Crippen molar-refractivity contribution in [1.82, 2.24) is 10.1 Å². The standard InChI is InChI=1S/C8H14N4/c1-7-5-8(2)12(10-7)11-4-3-9-6-11/h6,8H,3-5H2,1-2H3. The van der Waals surface area contributed by atoms with Gasteiger partial charge >= 0.3 is 0 Å². The Morgan fingerprint density at radius 2 is 2.42 bits per heavy atom. The number of nitrogens with zero attached hydrogens (tertiary/aromatic N) is 4. The van der Waals surface area contributed by atoms with Crippen molar-refractivity contribution in [2.24, 2.45) is 10.1 Å². The largest absolute Gasteiger partial charge is 0.272 e. The zero-order chi connectivity index (χ0) is 8.55. The highest BCUT2D eigenvalue weighted by Crippen LogP contribution is 2.17. The summed E-state index contributed by atoms with van der Waals surface area (Å²) in [5, 5.41) is 8.55. The second kappa shape index (κ2) is 2.77. The van der Waals surface area contributed by atoms with E-state index in [1.807, 2.05) is 11.5 Å². The summed E-state index contributed by atoms with van der Waals surface area (Å²) >= 11 is 0. The van der Waals surface area contributed by atoms with E-state index in [4.69, 9.17) is 0 Å². The molecule has 2 aliphatic rings. The molecule has 0 saturated heterocycles. The molecule has 1 unspecified atom stereocenters. The van der Waals surface area contributed by atoms with Crippen LogP contribution in [-0.2, 0) is 0 Å². The molecule has 4 nitrogen and oxygen atoms in total. The Morgan fingerprint density at radius 3 is 2.92 bits per heavy atom. The van der Waals surface area contributed by atoms with Crippen LogP contribution >= 0.6 is 0 Å². The molecule has 0 spiro atoms. The fraction of sp³-hybridized carbons (Fsp3) is 0.750. The number of hydrogen-bond donors (Lipinski definition) is 0. The molecular weight excluding hydrogens is 152 g/mol. The Balaban J connectivity index is 2.07. The molecule has 4 heteroatoms. The van der Waals surface area contributed by atoms with Crippen LogP contribution in [0.4, 0.5) is 0 Å². The smallest absolute Gasteiger partial charge is 0.106 e. The van der Waals surface area contributed by atoms with E-state index in [2.05, 4.69) is 29.0 Å². The van der Waals surface area contributed by atoms with Crippen molar-refractivity contribution in [1.29, 1.82) is 0 Å². The van der Waals surface area contributed by atoms with Gasteiger partial charge in [-0.25, -0.2) is 5.12 Å². The molecule has 0 aliphatic carbocycles. The Hall–Kier alpha value is -1.06. The van der Waals surface area contributed by atoms with Gasteiger partial charge in [0, 0.05) is 12.1 Å². The molecular formula is C8H14N4. The minimum Gasteiger partial charge on any atom is -0.272 e. The Labute approximate surface area is 72.5 Å². The second-order valence-corrected chi connectivity index (χ2v) is 3.39. The van der Waals surface area contributed by atoms with Gasteiger partial charge in [-0.3, -0.25) is 10.0 Å². The van der Waals surface area contributed by atoms with Crippen LogP contribution in [-0.4, -0.2) is 41.3 Å². The Bertz CT molecular complexity index is 233. The summed E-state index contributed by atoms with van der Waals surface area (Å²) in [7, 11) is 0. The summed E-state index contributed by atoms with van der Waals surface area (Å²) in [5.74, 6) is 0. The van der Waals surface area contributed by atoms with Crippen LogP contribution in [0, 0.1) is 0 Å². The zero-order valence-corrected chi connectivity index (χ0v) is 7.56. The van der Waals surface area contributed by atoms with Crippen molar-refractivity contribution < 1.29 is 0 Å². The molecule has 0 radical (unpaired) electrons. The van der Waals surface area contributed by atoms with Gasteiger partial charge in [0.05, 0.1) is 19.1 Å². The molecule has 2 aliphatic heterocycles. The predicted octanol–water partition coefficient (Wildman–Crippen LogP) is 0.715. The lowest BCUT2D eigenvalue weighted by atomic mass is 10.2. The SMILES string of the molecule is CC1=NN(N2C=NCC2)C(C)C1. The molecule has 66 valence electrons. The molecule has 1 atom stereocenters. The average molecular weight is 166 g/mol. The van der Waals surface area contributed by atoms with Crippen molar-refractivity contribution in [3.05, 3.63) is 0 Å². The average Bonchev–Trinajstić information content (AvgIpc) is 2.58. The third-order valence-corrected chi connectivity index (χ3v) is 2.19. The third-order valence-electron chi connectivity index (χ3n) is 2.19. The first-order valence-electron chi connectivity index (χ1n) is 4.37. The van der Waals surface area contributed by atoms with Crippen LogP contribution in [0.15, 0.2) is 10.1 Å². The Kier molecular flexibility index (Phi) is 1.75. The number of aliphatic imine (C=N–C) groups is 1. The monoisotopic (exact) mass is 166 g/mol. The van der Waals surface area contributed by atoms with Crippen LogP contribution in [0.5, 0.6) is 0 Å². The molecule has 0 amide bonds. The van der Waals surface area contributed by atoms with E-state index in [0.717, 1.165) is 19.5 Å². The molecule has 0 N–H and O–H groups in total. The first kappa shape index (κ1) is 7.58. The lowest BCUT2D eigenvalue weighted by molar-refractivity contribution is 0.0380. The minimum atomic E-state index is 0.495. The number of hydrogen-bond acceptors (Lipinski definition) is 4. The van der Waals surface area contributed by atoms with Gasteiger partial charge in [0.2, 0.25) is 0 Å². The van der Waals surface area contributed by atoms with Crippen molar-refractivity contribution in [2.45, 2.75) is 26.3 Å². The lowest BCUT2D eigenvalue weighted by Crippen LogP contribution is -2.39. The van der Waals surface area contributed by atoms with Crippen molar-refractivity contribution in [3.8, 4) is 0 Å². The molecule has 0 aromatic rings. The van der Waals surface area contributed by atoms with E-state index in [1.54, 1.807) is 0 Å². The summed E-state index contributed by atoms with van der Waals surface area (Å²) in [6.45, 7) is 6.13. The van der Waals surface area contributed by atoms with Crippen LogP contribution in [0.25, 0.3) is 0 Å². The molecule has 2 heterocycles. The van der Waals surface area contributed by atoms with E-state index in [1.165, 1.54) is 5.71 Å². The van der Waals surface area contributed by atoms with E-state index in [9.17, 15) is 0 Å². The number of hydrazone groups is 1. The van der Waals surface area contributed by atoms with Crippen LogP contribution in [0.1, 0.15) is 20.3 Å². The second-order valence-electron chi connectivity index (χ2n) is 3.39. The normalized spacial score (nSPS) is 28.5. The third kappa shape index (κ3) is 1.17. The topological polar surface area (TPSA) is 31.2 Å². The molecule has 0 saturated carbocycles. The highest BCUT2D eigenvalue weighted by Gasteiger charge is 2.25.